The van der Waals surface area contributed by atoms with Gasteiger partial charge in [0.25, 0.3) is 5.91 Å². The van der Waals surface area contributed by atoms with Gasteiger partial charge in [0.2, 0.25) is 0 Å². The van der Waals surface area contributed by atoms with Gasteiger partial charge >= 0.3 is 12.1 Å². The smallest absolute Gasteiger partial charge is 0.267 e. The number of rotatable bonds is 1. The largest absolute Gasteiger partial charge is 0.457 e. The minimum absolute atomic E-state index is 0.0314. The van der Waals surface area contributed by atoms with Crippen LogP contribution in [0.1, 0.15) is 6.92 Å². The first kappa shape index (κ1) is 13.6. The molecule has 2 heterocycles. The second-order valence-electron chi connectivity index (χ2n) is 4.18. The lowest BCUT2D eigenvalue weighted by Gasteiger charge is -2.28. The van der Waals surface area contributed by atoms with E-state index in [9.17, 15) is 26.7 Å². The number of amides is 1. The third-order valence-electron chi connectivity index (χ3n) is 2.85. The van der Waals surface area contributed by atoms with Crippen molar-refractivity contribution in [1.82, 2.24) is 5.01 Å². The molecule has 0 fully saturated rings. The van der Waals surface area contributed by atoms with Crippen LogP contribution in [0.5, 0.6) is 0 Å². The Morgan fingerprint density at radius 3 is 2.37 bits per heavy atom. The molecule has 0 spiro atoms. The number of hydrogen-bond donors (Lipinski definition) is 0. The molecule has 0 aromatic carbocycles. The van der Waals surface area contributed by atoms with Gasteiger partial charge in [0, 0.05) is 18.7 Å². The Morgan fingerprint density at radius 2 is 1.84 bits per heavy atom. The molecule has 104 valence electrons. The maximum Gasteiger partial charge on any atom is 0.457 e. The van der Waals surface area contributed by atoms with Crippen molar-refractivity contribution in [2.45, 2.75) is 19.0 Å². The molecule has 2 aliphatic heterocycles. The fraction of sp³-hybridized carbons (Fsp3) is 0.500. The molecule has 19 heavy (non-hydrogen) atoms. The minimum Gasteiger partial charge on any atom is -0.267 e. The highest BCUT2D eigenvalue weighted by Crippen LogP contribution is 2.46. The van der Waals surface area contributed by atoms with Crippen LogP contribution in [0.3, 0.4) is 0 Å². The number of hydrazone groups is 1. The number of fused-ring (bicyclic) bond motifs is 1. The standard InChI is InChI=1S/C10H8F5N3O/c1-4-7-5(9(11,12)10(13,14)15)3-6(19)16-8(7)18(2)17-4/h3,7H,1-2H3. The van der Waals surface area contributed by atoms with E-state index in [1.54, 1.807) is 0 Å². The second kappa shape index (κ2) is 3.84. The van der Waals surface area contributed by atoms with Crippen LogP contribution in [-0.2, 0) is 4.79 Å². The number of amidine groups is 1. The third kappa shape index (κ3) is 1.92. The summed E-state index contributed by atoms with van der Waals surface area (Å²) in [6.45, 7) is 1.31. The predicted molar refractivity (Wildman–Crippen MR) is 55.9 cm³/mol. The van der Waals surface area contributed by atoms with Gasteiger partial charge < -0.3 is 0 Å². The lowest BCUT2D eigenvalue weighted by molar-refractivity contribution is -0.265. The molecular weight excluding hydrogens is 273 g/mol. The number of carbonyl (C=O) groups excluding carboxylic acids is 1. The zero-order valence-electron chi connectivity index (χ0n) is 9.79. The van der Waals surface area contributed by atoms with Crippen LogP contribution in [0.25, 0.3) is 0 Å². The summed E-state index contributed by atoms with van der Waals surface area (Å²) in [5, 5.41) is 4.76. The van der Waals surface area contributed by atoms with E-state index in [1.807, 2.05) is 0 Å². The van der Waals surface area contributed by atoms with E-state index in [1.165, 1.54) is 14.0 Å². The molecule has 0 radical (unpaired) electrons. The van der Waals surface area contributed by atoms with Crippen molar-refractivity contribution < 1.29 is 26.7 Å². The third-order valence-corrected chi connectivity index (χ3v) is 2.85. The molecule has 0 aromatic rings. The minimum atomic E-state index is -5.77. The van der Waals surface area contributed by atoms with Crippen LogP contribution in [0.15, 0.2) is 21.7 Å². The van der Waals surface area contributed by atoms with E-state index in [0.717, 1.165) is 5.01 Å². The van der Waals surface area contributed by atoms with Crippen molar-refractivity contribution in [1.29, 1.82) is 0 Å². The van der Waals surface area contributed by atoms with Gasteiger partial charge in [-0.1, -0.05) is 0 Å². The second-order valence-corrected chi connectivity index (χ2v) is 4.18. The zero-order valence-corrected chi connectivity index (χ0v) is 9.79. The van der Waals surface area contributed by atoms with Crippen LogP contribution in [0, 0.1) is 5.92 Å². The number of hydrogen-bond acceptors (Lipinski definition) is 3. The van der Waals surface area contributed by atoms with E-state index in [4.69, 9.17) is 0 Å². The molecule has 0 aromatic heterocycles. The summed E-state index contributed by atoms with van der Waals surface area (Å²) < 4.78 is 64.2. The van der Waals surface area contributed by atoms with Gasteiger partial charge in [-0.15, -0.1) is 0 Å². The van der Waals surface area contributed by atoms with Gasteiger partial charge in [-0.25, -0.2) is 0 Å². The maximum atomic E-state index is 13.5. The highest BCUT2D eigenvalue weighted by atomic mass is 19.4. The maximum absolute atomic E-state index is 13.5. The van der Waals surface area contributed by atoms with Gasteiger partial charge in [-0.05, 0) is 6.92 Å². The van der Waals surface area contributed by atoms with Gasteiger partial charge in [-0.3, -0.25) is 9.80 Å². The first-order chi connectivity index (χ1) is 8.55. The topological polar surface area (TPSA) is 45.0 Å². The average molecular weight is 281 g/mol. The fourth-order valence-electron chi connectivity index (χ4n) is 2.02. The summed E-state index contributed by atoms with van der Waals surface area (Å²) in [6, 6.07) is 0. The number of halogens is 5. The van der Waals surface area contributed by atoms with Gasteiger partial charge in [-0.2, -0.15) is 32.0 Å². The first-order valence-corrected chi connectivity index (χ1v) is 5.13. The van der Waals surface area contributed by atoms with Gasteiger partial charge in [0.1, 0.15) is 5.84 Å². The molecule has 0 N–H and O–H groups in total. The fourth-order valence-corrected chi connectivity index (χ4v) is 2.02. The molecule has 0 aliphatic carbocycles. The molecular formula is C10H8F5N3O. The van der Waals surface area contributed by atoms with Crippen molar-refractivity contribution in [2.24, 2.45) is 16.0 Å². The van der Waals surface area contributed by atoms with Crippen LogP contribution in [-0.4, -0.2) is 41.6 Å². The summed E-state index contributed by atoms with van der Waals surface area (Å²) in [5.74, 6) is -7.89. The average Bonchev–Trinajstić information content (AvgIpc) is 2.52. The highest BCUT2D eigenvalue weighted by Gasteiger charge is 2.63. The zero-order chi connectivity index (χ0) is 14.6. The lowest BCUT2D eigenvalue weighted by Crippen LogP contribution is -2.45. The lowest BCUT2D eigenvalue weighted by atomic mass is 9.87. The summed E-state index contributed by atoms with van der Waals surface area (Å²) in [4.78, 5) is 14.6. The SMILES string of the molecule is CC1=NN(C)C2=NC(=O)C=C(C(F)(F)C(F)(F)F)C12. The molecule has 0 saturated carbocycles. The monoisotopic (exact) mass is 281 g/mol. The molecule has 2 aliphatic rings. The quantitative estimate of drug-likeness (QED) is 0.690. The Bertz CT molecular complexity index is 532. The first-order valence-electron chi connectivity index (χ1n) is 5.13. The number of nitrogens with zero attached hydrogens (tertiary/aromatic N) is 3. The van der Waals surface area contributed by atoms with Crippen molar-refractivity contribution in [3.05, 3.63) is 11.6 Å². The van der Waals surface area contributed by atoms with Crippen molar-refractivity contribution >= 4 is 17.5 Å². The Balaban J connectivity index is 2.53. The van der Waals surface area contributed by atoms with Crippen molar-refractivity contribution in [2.75, 3.05) is 7.05 Å². The van der Waals surface area contributed by atoms with Gasteiger partial charge in [0.15, 0.2) is 0 Å². The molecule has 2 rings (SSSR count). The number of alkyl halides is 5. The number of carbonyl (C=O) groups is 1. The Hall–Kier alpha value is -1.80. The number of aliphatic imine (C=N–C) groups is 1. The molecule has 9 heteroatoms. The summed E-state index contributed by atoms with van der Waals surface area (Å²) in [5.41, 5.74) is -1.30. The van der Waals surface area contributed by atoms with Crippen LogP contribution >= 0.6 is 0 Å². The normalized spacial score (nSPS) is 23.9. The molecule has 1 amide bonds. The number of dihydropyridines is 1. The van der Waals surface area contributed by atoms with Crippen LogP contribution < -0.4 is 0 Å². The van der Waals surface area contributed by atoms with Crippen molar-refractivity contribution in [3.8, 4) is 0 Å². The Kier molecular flexibility index (Phi) is 2.76. The Labute approximate surface area is 104 Å². The van der Waals surface area contributed by atoms with Crippen LogP contribution in [0.2, 0.25) is 0 Å². The van der Waals surface area contributed by atoms with E-state index in [0.29, 0.717) is 0 Å². The molecule has 0 bridgehead atoms. The Morgan fingerprint density at radius 1 is 1.26 bits per heavy atom. The summed E-state index contributed by atoms with van der Waals surface area (Å²) in [7, 11) is 1.32. The van der Waals surface area contributed by atoms with Crippen LogP contribution in [0.4, 0.5) is 22.0 Å². The van der Waals surface area contributed by atoms with Crippen molar-refractivity contribution in [3.63, 3.8) is 0 Å². The van der Waals surface area contributed by atoms with E-state index < -0.39 is 29.5 Å². The molecule has 1 unspecified atom stereocenters. The molecule has 0 saturated heterocycles. The molecule has 1 atom stereocenters. The van der Waals surface area contributed by atoms with E-state index in [2.05, 4.69) is 10.1 Å². The van der Waals surface area contributed by atoms with E-state index in [-0.39, 0.29) is 17.6 Å². The van der Waals surface area contributed by atoms with Gasteiger partial charge in [0.05, 0.1) is 11.6 Å². The predicted octanol–water partition coefficient (Wildman–Crippen LogP) is 1.99. The molecule has 4 nitrogen and oxygen atoms in total. The van der Waals surface area contributed by atoms with E-state index >= 15 is 0 Å². The highest BCUT2D eigenvalue weighted by molar-refractivity contribution is 6.18. The summed E-state index contributed by atoms with van der Waals surface area (Å²) >= 11 is 0. The summed E-state index contributed by atoms with van der Waals surface area (Å²) in [6.07, 6.45) is -5.54.